The standard InChI is InChI=1S/C20H21F3N2O2/c1-12-4-2-5-13(10-12)17-9-8-16(19(27)25-17)18(26)24-15-7-3-6-14(11-15)20(21,22)23/h2,4-5,8-10,14-15H,3,6-7,11H2,1H3,(H,24,26)(H,25,27). The third kappa shape index (κ3) is 4.59. The molecule has 0 spiro atoms. The number of alkyl halides is 3. The van der Waals surface area contributed by atoms with Crippen LogP contribution >= 0.6 is 0 Å². The first-order valence-electron chi connectivity index (χ1n) is 8.92. The van der Waals surface area contributed by atoms with E-state index >= 15 is 0 Å². The maximum atomic E-state index is 12.9. The van der Waals surface area contributed by atoms with Crippen LogP contribution in [0.5, 0.6) is 0 Å². The topological polar surface area (TPSA) is 62.0 Å². The number of rotatable bonds is 3. The second kappa shape index (κ2) is 7.58. The quantitative estimate of drug-likeness (QED) is 0.841. The van der Waals surface area contributed by atoms with Crippen LogP contribution in [-0.4, -0.2) is 23.1 Å². The van der Waals surface area contributed by atoms with Crippen molar-refractivity contribution in [2.24, 2.45) is 5.92 Å². The number of aromatic nitrogens is 1. The summed E-state index contributed by atoms with van der Waals surface area (Å²) >= 11 is 0. The van der Waals surface area contributed by atoms with Gasteiger partial charge in [0.2, 0.25) is 0 Å². The number of H-pyrrole nitrogens is 1. The second-order valence-corrected chi connectivity index (χ2v) is 7.06. The normalized spacial score (nSPS) is 20.3. The van der Waals surface area contributed by atoms with Crippen LogP contribution in [0.25, 0.3) is 11.3 Å². The average Bonchev–Trinajstić information content (AvgIpc) is 2.61. The summed E-state index contributed by atoms with van der Waals surface area (Å²) in [6.45, 7) is 1.93. The van der Waals surface area contributed by atoms with Gasteiger partial charge in [-0.15, -0.1) is 0 Å². The number of benzene rings is 1. The maximum Gasteiger partial charge on any atom is 0.391 e. The fourth-order valence-corrected chi connectivity index (χ4v) is 3.51. The molecule has 2 atom stereocenters. The van der Waals surface area contributed by atoms with Crippen molar-refractivity contribution in [1.29, 1.82) is 0 Å². The highest BCUT2D eigenvalue weighted by molar-refractivity contribution is 5.94. The predicted octanol–water partition coefficient (Wildman–Crippen LogP) is 4.20. The molecule has 27 heavy (non-hydrogen) atoms. The molecule has 0 bridgehead atoms. The van der Waals surface area contributed by atoms with Crippen LogP contribution in [0.2, 0.25) is 0 Å². The molecule has 2 unspecified atom stereocenters. The van der Waals surface area contributed by atoms with E-state index in [1.165, 1.54) is 6.07 Å². The van der Waals surface area contributed by atoms with Gasteiger partial charge in [0, 0.05) is 11.7 Å². The summed E-state index contributed by atoms with van der Waals surface area (Å²) in [4.78, 5) is 27.4. The Hall–Kier alpha value is -2.57. The van der Waals surface area contributed by atoms with Crippen LogP contribution in [0.4, 0.5) is 13.2 Å². The van der Waals surface area contributed by atoms with Crippen molar-refractivity contribution in [3.05, 3.63) is 57.9 Å². The van der Waals surface area contributed by atoms with E-state index in [1.807, 2.05) is 31.2 Å². The summed E-state index contributed by atoms with van der Waals surface area (Å²) in [5.41, 5.74) is 1.77. The molecule has 1 heterocycles. The van der Waals surface area contributed by atoms with Gasteiger partial charge >= 0.3 is 6.18 Å². The highest BCUT2D eigenvalue weighted by Gasteiger charge is 2.42. The summed E-state index contributed by atoms with van der Waals surface area (Å²) < 4.78 is 38.7. The number of carbonyl (C=O) groups is 1. The van der Waals surface area contributed by atoms with Gasteiger partial charge in [-0.05, 0) is 49.9 Å². The molecule has 1 fully saturated rings. The third-order valence-corrected chi connectivity index (χ3v) is 4.96. The maximum absolute atomic E-state index is 12.9. The molecule has 4 nitrogen and oxygen atoms in total. The minimum atomic E-state index is -4.25. The van der Waals surface area contributed by atoms with Gasteiger partial charge in [-0.1, -0.05) is 30.2 Å². The Balaban J connectivity index is 1.73. The zero-order valence-corrected chi connectivity index (χ0v) is 14.9. The first-order chi connectivity index (χ1) is 12.7. The van der Waals surface area contributed by atoms with Crippen molar-refractivity contribution < 1.29 is 18.0 Å². The van der Waals surface area contributed by atoms with E-state index in [2.05, 4.69) is 10.3 Å². The number of halogens is 3. The number of pyridine rings is 1. The molecular formula is C20H21F3N2O2. The molecule has 1 aliphatic rings. The van der Waals surface area contributed by atoms with E-state index in [-0.39, 0.29) is 18.4 Å². The zero-order chi connectivity index (χ0) is 19.6. The van der Waals surface area contributed by atoms with E-state index in [0.717, 1.165) is 11.1 Å². The summed E-state index contributed by atoms with van der Waals surface area (Å²) in [7, 11) is 0. The van der Waals surface area contributed by atoms with Crippen LogP contribution in [0.3, 0.4) is 0 Å². The Labute approximate surface area is 154 Å². The average molecular weight is 378 g/mol. The second-order valence-electron chi connectivity index (χ2n) is 7.06. The van der Waals surface area contributed by atoms with Gasteiger partial charge in [0.05, 0.1) is 5.92 Å². The minimum absolute atomic E-state index is 0.0850. The van der Waals surface area contributed by atoms with Gasteiger partial charge in [-0.3, -0.25) is 9.59 Å². The Morgan fingerprint density at radius 3 is 2.63 bits per heavy atom. The molecular weight excluding hydrogens is 357 g/mol. The van der Waals surface area contributed by atoms with E-state index in [9.17, 15) is 22.8 Å². The lowest BCUT2D eigenvalue weighted by atomic mass is 9.85. The van der Waals surface area contributed by atoms with Crippen LogP contribution in [0.1, 0.15) is 41.6 Å². The summed E-state index contributed by atoms with van der Waals surface area (Å²) in [6.07, 6.45) is -3.43. The van der Waals surface area contributed by atoms with Crippen molar-refractivity contribution >= 4 is 5.91 Å². The van der Waals surface area contributed by atoms with E-state index in [4.69, 9.17) is 0 Å². The van der Waals surface area contributed by atoms with E-state index in [1.54, 1.807) is 6.07 Å². The fraction of sp³-hybridized carbons (Fsp3) is 0.400. The molecule has 1 amide bonds. The smallest absolute Gasteiger partial charge is 0.349 e. The molecule has 144 valence electrons. The molecule has 1 aromatic heterocycles. The van der Waals surface area contributed by atoms with Crippen molar-refractivity contribution in [2.45, 2.75) is 44.8 Å². The minimum Gasteiger partial charge on any atom is -0.349 e. The summed E-state index contributed by atoms with van der Waals surface area (Å²) in [6, 6.07) is 10.0. The lowest BCUT2D eigenvalue weighted by Gasteiger charge is -2.30. The molecule has 1 aromatic carbocycles. The monoisotopic (exact) mass is 378 g/mol. The summed E-state index contributed by atoms with van der Waals surface area (Å²) in [5.74, 6) is -2.04. The molecule has 0 saturated heterocycles. The van der Waals surface area contributed by atoms with Crippen molar-refractivity contribution in [3.8, 4) is 11.3 Å². The Kier molecular flexibility index (Phi) is 5.39. The van der Waals surface area contributed by atoms with E-state index in [0.29, 0.717) is 18.5 Å². The Morgan fingerprint density at radius 2 is 1.96 bits per heavy atom. The lowest BCUT2D eigenvalue weighted by molar-refractivity contribution is -0.183. The third-order valence-electron chi connectivity index (χ3n) is 4.96. The molecule has 1 aliphatic carbocycles. The van der Waals surface area contributed by atoms with Gasteiger partial charge in [0.25, 0.3) is 11.5 Å². The number of amides is 1. The van der Waals surface area contributed by atoms with Crippen LogP contribution < -0.4 is 10.9 Å². The predicted molar refractivity (Wildman–Crippen MR) is 96.5 cm³/mol. The highest BCUT2D eigenvalue weighted by atomic mass is 19.4. The number of aryl methyl sites for hydroxylation is 1. The molecule has 1 saturated carbocycles. The largest absolute Gasteiger partial charge is 0.391 e. The van der Waals surface area contributed by atoms with Crippen molar-refractivity contribution in [1.82, 2.24) is 10.3 Å². The van der Waals surface area contributed by atoms with Gasteiger partial charge in [0.1, 0.15) is 5.56 Å². The molecule has 2 aromatic rings. The number of hydrogen-bond donors (Lipinski definition) is 2. The number of carbonyl (C=O) groups excluding carboxylic acids is 1. The molecule has 3 rings (SSSR count). The van der Waals surface area contributed by atoms with Crippen molar-refractivity contribution in [2.75, 3.05) is 0 Å². The lowest BCUT2D eigenvalue weighted by Crippen LogP contribution is -2.42. The fourth-order valence-electron chi connectivity index (χ4n) is 3.51. The Morgan fingerprint density at radius 1 is 1.19 bits per heavy atom. The SMILES string of the molecule is Cc1cccc(-c2ccc(C(=O)NC3CCCC(C(F)(F)F)C3)c(=O)[nH]2)c1. The Bertz CT molecular complexity index is 889. The highest BCUT2D eigenvalue weighted by Crippen LogP contribution is 2.37. The van der Waals surface area contributed by atoms with Gasteiger partial charge in [0.15, 0.2) is 0 Å². The first kappa shape index (κ1) is 19.2. The van der Waals surface area contributed by atoms with Gasteiger partial charge < -0.3 is 10.3 Å². The van der Waals surface area contributed by atoms with Gasteiger partial charge in [-0.25, -0.2) is 0 Å². The van der Waals surface area contributed by atoms with Crippen molar-refractivity contribution in [3.63, 3.8) is 0 Å². The van der Waals surface area contributed by atoms with Crippen LogP contribution in [0.15, 0.2) is 41.2 Å². The molecule has 0 radical (unpaired) electrons. The zero-order valence-electron chi connectivity index (χ0n) is 14.9. The van der Waals surface area contributed by atoms with Crippen LogP contribution in [-0.2, 0) is 0 Å². The first-order valence-corrected chi connectivity index (χ1v) is 8.92. The van der Waals surface area contributed by atoms with E-state index < -0.39 is 29.6 Å². The van der Waals surface area contributed by atoms with Gasteiger partial charge in [-0.2, -0.15) is 13.2 Å². The molecule has 7 heteroatoms. The number of nitrogens with one attached hydrogen (secondary N) is 2. The molecule has 2 N–H and O–H groups in total. The number of aromatic amines is 1. The number of hydrogen-bond acceptors (Lipinski definition) is 2. The summed E-state index contributed by atoms with van der Waals surface area (Å²) in [5, 5.41) is 2.59. The molecule has 0 aliphatic heterocycles. The van der Waals surface area contributed by atoms with Crippen LogP contribution in [0, 0.1) is 12.8 Å².